The second-order valence-corrected chi connectivity index (χ2v) is 7.43. The first-order valence-corrected chi connectivity index (χ1v) is 9.62. The summed E-state index contributed by atoms with van der Waals surface area (Å²) in [5, 5.41) is 2.37. The molecule has 1 amide bonds. The Kier molecular flexibility index (Phi) is 7.18. The van der Waals surface area contributed by atoms with Crippen molar-refractivity contribution in [1.29, 1.82) is 0 Å². The number of rotatable bonds is 8. The molecule has 2 aromatic carbocycles. The first-order valence-electron chi connectivity index (χ1n) is 8.14. The molecule has 28 heavy (non-hydrogen) atoms. The average Bonchev–Trinajstić information content (AvgIpc) is 2.65. The van der Waals surface area contributed by atoms with E-state index in [1.807, 2.05) is 4.72 Å². The van der Waals surface area contributed by atoms with Crippen molar-refractivity contribution in [3.05, 3.63) is 65.7 Å². The van der Waals surface area contributed by atoms with Gasteiger partial charge in [0.05, 0.1) is 0 Å². The fraction of sp³-hybridized carbons (Fsp3) is 0.222. The van der Waals surface area contributed by atoms with Crippen molar-refractivity contribution in [3.8, 4) is 0 Å². The van der Waals surface area contributed by atoms with Crippen LogP contribution in [0.25, 0.3) is 0 Å². The first kappa shape index (κ1) is 21.5. The number of hydrogen-bond acceptors (Lipinski definition) is 5. The topological polar surface area (TPSA) is 102 Å². The molecule has 2 N–H and O–H groups in total. The molecular weight excluding hydrogens is 394 g/mol. The molecule has 150 valence electrons. The highest BCUT2D eigenvalue weighted by Crippen LogP contribution is 2.13. The number of nitrogens with one attached hydrogen (secondary N) is 2. The Balaban J connectivity index is 1.84. The van der Waals surface area contributed by atoms with Crippen LogP contribution in [-0.4, -0.2) is 32.9 Å². The fourth-order valence-corrected chi connectivity index (χ4v) is 3.43. The Bertz CT molecular complexity index is 966. The van der Waals surface area contributed by atoms with Gasteiger partial charge in [-0.2, -0.15) is 4.72 Å². The summed E-state index contributed by atoms with van der Waals surface area (Å²) in [4.78, 5) is 23.0. The highest BCUT2D eigenvalue weighted by molar-refractivity contribution is 7.89. The van der Waals surface area contributed by atoms with Crippen molar-refractivity contribution >= 4 is 21.9 Å². The second kappa shape index (κ2) is 9.38. The summed E-state index contributed by atoms with van der Waals surface area (Å²) in [6, 6.07) is 9.16. The summed E-state index contributed by atoms with van der Waals surface area (Å²) in [6.45, 7) is 0.412. The predicted octanol–water partition coefficient (Wildman–Crippen LogP) is 1.49. The third-order valence-electron chi connectivity index (χ3n) is 3.59. The second-order valence-electron chi connectivity index (χ2n) is 5.75. The maximum Gasteiger partial charge on any atom is 0.324 e. The maximum atomic E-state index is 13.6. The molecule has 0 spiro atoms. The molecule has 0 heterocycles. The van der Waals surface area contributed by atoms with E-state index in [0.29, 0.717) is 0 Å². The van der Waals surface area contributed by atoms with E-state index >= 15 is 0 Å². The Morgan fingerprint density at radius 3 is 2.29 bits per heavy atom. The van der Waals surface area contributed by atoms with Crippen molar-refractivity contribution in [2.75, 3.05) is 6.61 Å². The highest BCUT2D eigenvalue weighted by Gasteiger charge is 2.25. The van der Waals surface area contributed by atoms with E-state index in [1.165, 1.54) is 37.3 Å². The van der Waals surface area contributed by atoms with E-state index in [4.69, 9.17) is 4.74 Å². The van der Waals surface area contributed by atoms with Gasteiger partial charge in [-0.15, -0.1) is 0 Å². The number of benzene rings is 2. The van der Waals surface area contributed by atoms with E-state index in [-0.39, 0.29) is 12.1 Å². The molecule has 0 saturated carbocycles. The summed E-state index contributed by atoms with van der Waals surface area (Å²) in [7, 11) is -4.29. The third-order valence-corrected chi connectivity index (χ3v) is 5.16. The van der Waals surface area contributed by atoms with Gasteiger partial charge in [-0.05, 0) is 25.1 Å². The average molecular weight is 412 g/mol. The Morgan fingerprint density at radius 1 is 1.04 bits per heavy atom. The molecule has 0 aliphatic heterocycles. The lowest BCUT2D eigenvalue weighted by Crippen LogP contribution is -2.41. The molecule has 0 aliphatic carbocycles. The number of hydrogen-bond donors (Lipinski definition) is 2. The Labute approximate surface area is 160 Å². The van der Waals surface area contributed by atoms with Gasteiger partial charge in [0, 0.05) is 12.1 Å². The SMILES string of the molecule is C[C@H](NS(=O)(=O)c1ccccc1F)C(=O)OCC(=O)NCc1ccccc1F. The van der Waals surface area contributed by atoms with Crippen molar-refractivity contribution in [1.82, 2.24) is 10.0 Å². The summed E-state index contributed by atoms with van der Waals surface area (Å²) in [5.74, 6) is -3.18. The van der Waals surface area contributed by atoms with Gasteiger partial charge in [0.25, 0.3) is 5.91 Å². The molecule has 2 rings (SSSR count). The van der Waals surface area contributed by atoms with Crippen LogP contribution >= 0.6 is 0 Å². The Hall–Kier alpha value is -2.85. The number of esters is 1. The zero-order chi connectivity index (χ0) is 20.7. The van der Waals surface area contributed by atoms with Crippen LogP contribution in [0.15, 0.2) is 53.4 Å². The van der Waals surface area contributed by atoms with Crippen LogP contribution < -0.4 is 10.0 Å². The zero-order valence-electron chi connectivity index (χ0n) is 14.8. The van der Waals surface area contributed by atoms with E-state index in [9.17, 15) is 26.8 Å². The fourth-order valence-electron chi connectivity index (χ4n) is 2.16. The zero-order valence-corrected chi connectivity index (χ0v) is 15.6. The van der Waals surface area contributed by atoms with E-state index in [2.05, 4.69) is 5.32 Å². The minimum absolute atomic E-state index is 0.0987. The van der Waals surface area contributed by atoms with Gasteiger partial charge in [-0.25, -0.2) is 17.2 Å². The minimum atomic E-state index is -4.29. The number of amides is 1. The molecule has 0 unspecified atom stereocenters. The number of carbonyl (C=O) groups is 2. The van der Waals surface area contributed by atoms with Crippen LogP contribution in [0.5, 0.6) is 0 Å². The van der Waals surface area contributed by atoms with Gasteiger partial charge in [0.1, 0.15) is 22.6 Å². The van der Waals surface area contributed by atoms with E-state index < -0.39 is 51.1 Å². The molecule has 0 radical (unpaired) electrons. The predicted molar refractivity (Wildman–Crippen MR) is 95.4 cm³/mol. The molecule has 0 fully saturated rings. The van der Waals surface area contributed by atoms with Gasteiger partial charge in [-0.1, -0.05) is 30.3 Å². The normalized spacial score (nSPS) is 12.2. The smallest absolute Gasteiger partial charge is 0.324 e. The number of ether oxygens (including phenoxy) is 1. The van der Waals surface area contributed by atoms with E-state index in [0.717, 1.165) is 12.1 Å². The maximum absolute atomic E-state index is 13.6. The molecule has 1 atom stereocenters. The molecule has 7 nitrogen and oxygen atoms in total. The quantitative estimate of drug-likeness (QED) is 0.640. The molecule has 0 aromatic heterocycles. The minimum Gasteiger partial charge on any atom is -0.454 e. The van der Waals surface area contributed by atoms with Gasteiger partial charge >= 0.3 is 5.97 Å². The highest BCUT2D eigenvalue weighted by atomic mass is 32.2. The van der Waals surface area contributed by atoms with Gasteiger partial charge < -0.3 is 10.1 Å². The molecule has 0 saturated heterocycles. The van der Waals surface area contributed by atoms with Crippen molar-refractivity contribution in [2.24, 2.45) is 0 Å². The van der Waals surface area contributed by atoms with Crippen LogP contribution in [0.1, 0.15) is 12.5 Å². The molecule has 10 heteroatoms. The van der Waals surface area contributed by atoms with Crippen LogP contribution in [0, 0.1) is 11.6 Å². The Morgan fingerprint density at radius 2 is 1.64 bits per heavy atom. The first-order chi connectivity index (χ1) is 13.2. The van der Waals surface area contributed by atoms with Crippen LogP contribution in [-0.2, 0) is 30.9 Å². The van der Waals surface area contributed by atoms with Crippen molar-refractivity contribution < 1.29 is 31.5 Å². The summed E-state index contributed by atoms with van der Waals surface area (Å²) < 4.78 is 58.0. The van der Waals surface area contributed by atoms with Crippen LogP contribution in [0.4, 0.5) is 8.78 Å². The lowest BCUT2D eigenvalue weighted by Gasteiger charge is -2.14. The van der Waals surface area contributed by atoms with Gasteiger partial charge in [0.2, 0.25) is 10.0 Å². The van der Waals surface area contributed by atoms with Gasteiger partial charge in [0.15, 0.2) is 6.61 Å². The standard InChI is InChI=1S/C18H18F2N2O5S/c1-12(22-28(25,26)16-9-5-4-8-15(16)20)18(24)27-11-17(23)21-10-13-6-2-3-7-14(13)19/h2-9,12,22H,10-11H2,1H3,(H,21,23)/t12-/m0/s1. The van der Waals surface area contributed by atoms with Crippen molar-refractivity contribution in [3.63, 3.8) is 0 Å². The number of halogens is 2. The van der Waals surface area contributed by atoms with Crippen molar-refractivity contribution in [2.45, 2.75) is 24.4 Å². The molecule has 2 aromatic rings. The molecule has 0 bridgehead atoms. The number of sulfonamides is 1. The van der Waals surface area contributed by atoms with E-state index in [1.54, 1.807) is 6.07 Å². The molecule has 0 aliphatic rings. The van der Waals surface area contributed by atoms with Crippen LogP contribution in [0.3, 0.4) is 0 Å². The third kappa shape index (κ3) is 5.83. The van der Waals surface area contributed by atoms with Crippen LogP contribution in [0.2, 0.25) is 0 Å². The largest absolute Gasteiger partial charge is 0.454 e. The molecular formula is C18H18F2N2O5S. The van der Waals surface area contributed by atoms with Gasteiger partial charge in [-0.3, -0.25) is 9.59 Å². The summed E-state index contributed by atoms with van der Waals surface area (Å²) >= 11 is 0. The monoisotopic (exact) mass is 412 g/mol. The number of carbonyl (C=O) groups excluding carboxylic acids is 2. The lowest BCUT2D eigenvalue weighted by molar-refractivity contribution is -0.149. The summed E-state index contributed by atoms with van der Waals surface area (Å²) in [6.07, 6.45) is 0. The lowest BCUT2D eigenvalue weighted by atomic mass is 10.2. The summed E-state index contributed by atoms with van der Waals surface area (Å²) in [5.41, 5.74) is 0.258.